The molecule has 2 N–H and O–H groups in total. The van der Waals surface area contributed by atoms with E-state index in [4.69, 9.17) is 44.3 Å². The molecule has 212 valence electrons. The van der Waals surface area contributed by atoms with E-state index in [1.54, 1.807) is 44.2 Å². The SMILES string of the molecule is CCOc1cc(/C=C2\C(=O)NC(=O)N(c3cc(Cl)ccc3C)C2=O)cc(Cl)c1OCC(=O)Nc1ccc(C)c(Cl)c1. The number of amides is 5. The zero-order valence-corrected chi connectivity index (χ0v) is 24.4. The van der Waals surface area contributed by atoms with Gasteiger partial charge in [0.05, 0.1) is 17.3 Å². The number of hydrogen-bond donors (Lipinski definition) is 2. The number of ether oxygens (including phenoxy) is 2. The number of benzene rings is 3. The van der Waals surface area contributed by atoms with Crippen molar-refractivity contribution in [2.24, 2.45) is 0 Å². The molecule has 12 heteroatoms. The molecular formula is C29H24Cl3N3O6. The lowest BCUT2D eigenvalue weighted by Gasteiger charge is -2.27. The Kier molecular flexibility index (Phi) is 9.22. The number of aryl methyl sites for hydroxylation is 2. The number of barbiturate groups is 1. The molecule has 3 aromatic carbocycles. The van der Waals surface area contributed by atoms with E-state index in [-0.39, 0.29) is 41.0 Å². The molecule has 0 atom stereocenters. The van der Waals surface area contributed by atoms with Crippen molar-refractivity contribution < 1.29 is 28.7 Å². The molecule has 5 amide bonds. The van der Waals surface area contributed by atoms with Gasteiger partial charge in [-0.15, -0.1) is 0 Å². The van der Waals surface area contributed by atoms with Crippen LogP contribution in [-0.4, -0.2) is 37.0 Å². The Morgan fingerprint density at radius 2 is 1.68 bits per heavy atom. The van der Waals surface area contributed by atoms with Gasteiger partial charge < -0.3 is 14.8 Å². The maximum absolute atomic E-state index is 13.3. The molecule has 0 aromatic heterocycles. The fourth-order valence-electron chi connectivity index (χ4n) is 3.95. The maximum Gasteiger partial charge on any atom is 0.335 e. The third-order valence-electron chi connectivity index (χ3n) is 5.96. The molecule has 4 rings (SSSR count). The fraction of sp³-hybridized carbons (Fsp3) is 0.172. The molecule has 1 saturated heterocycles. The first kappa shape index (κ1) is 29.9. The highest BCUT2D eigenvalue weighted by Gasteiger charge is 2.37. The normalized spacial score (nSPS) is 14.2. The van der Waals surface area contributed by atoms with Gasteiger partial charge in [-0.25, -0.2) is 9.69 Å². The van der Waals surface area contributed by atoms with Gasteiger partial charge in [0.1, 0.15) is 5.57 Å². The summed E-state index contributed by atoms with van der Waals surface area (Å²) < 4.78 is 11.3. The highest BCUT2D eigenvalue weighted by Crippen LogP contribution is 2.38. The third kappa shape index (κ3) is 6.82. The smallest absolute Gasteiger partial charge is 0.335 e. The molecule has 9 nitrogen and oxygen atoms in total. The second-order valence-electron chi connectivity index (χ2n) is 8.95. The lowest BCUT2D eigenvalue weighted by Crippen LogP contribution is -2.54. The number of urea groups is 1. The molecule has 1 aliphatic heterocycles. The van der Waals surface area contributed by atoms with Gasteiger partial charge in [-0.2, -0.15) is 0 Å². The van der Waals surface area contributed by atoms with Gasteiger partial charge in [-0.1, -0.05) is 46.9 Å². The Morgan fingerprint density at radius 3 is 2.39 bits per heavy atom. The minimum Gasteiger partial charge on any atom is -0.490 e. The lowest BCUT2D eigenvalue weighted by atomic mass is 10.1. The Bertz CT molecular complexity index is 1600. The van der Waals surface area contributed by atoms with Crippen molar-refractivity contribution in [3.05, 3.63) is 85.9 Å². The van der Waals surface area contributed by atoms with E-state index in [2.05, 4.69) is 10.6 Å². The van der Waals surface area contributed by atoms with E-state index >= 15 is 0 Å². The molecular weight excluding hydrogens is 593 g/mol. The number of hydrogen-bond acceptors (Lipinski definition) is 6. The third-order valence-corrected chi connectivity index (χ3v) is 6.88. The van der Waals surface area contributed by atoms with Crippen LogP contribution in [0.1, 0.15) is 23.6 Å². The van der Waals surface area contributed by atoms with E-state index in [9.17, 15) is 19.2 Å². The summed E-state index contributed by atoms with van der Waals surface area (Å²) in [6.45, 7) is 5.14. The Morgan fingerprint density at radius 1 is 0.951 bits per heavy atom. The van der Waals surface area contributed by atoms with Gasteiger partial charge in [-0.3, -0.25) is 19.7 Å². The summed E-state index contributed by atoms with van der Waals surface area (Å²) >= 11 is 18.7. The predicted molar refractivity (Wildman–Crippen MR) is 158 cm³/mol. The first-order chi connectivity index (χ1) is 19.5. The van der Waals surface area contributed by atoms with Gasteiger partial charge in [0.2, 0.25) is 0 Å². The van der Waals surface area contributed by atoms with Crippen molar-refractivity contribution in [1.29, 1.82) is 0 Å². The molecule has 3 aromatic rings. The molecule has 0 saturated carbocycles. The highest BCUT2D eigenvalue weighted by atomic mass is 35.5. The Balaban J connectivity index is 1.59. The van der Waals surface area contributed by atoms with Gasteiger partial charge in [-0.05, 0) is 79.9 Å². The monoisotopic (exact) mass is 615 g/mol. The molecule has 0 spiro atoms. The number of imide groups is 2. The number of nitrogens with zero attached hydrogens (tertiary/aromatic N) is 1. The van der Waals surface area contributed by atoms with Crippen molar-refractivity contribution in [2.75, 3.05) is 23.4 Å². The second-order valence-corrected chi connectivity index (χ2v) is 10.2. The maximum atomic E-state index is 13.3. The van der Waals surface area contributed by atoms with E-state index in [1.807, 2.05) is 6.92 Å². The van der Waals surface area contributed by atoms with Crippen LogP contribution in [0.4, 0.5) is 16.2 Å². The summed E-state index contributed by atoms with van der Waals surface area (Å²) in [5, 5.41) is 5.75. The number of halogens is 3. The molecule has 1 fully saturated rings. The first-order valence-electron chi connectivity index (χ1n) is 12.3. The van der Waals surface area contributed by atoms with Crippen LogP contribution in [0, 0.1) is 13.8 Å². The van der Waals surface area contributed by atoms with Crippen LogP contribution in [0.25, 0.3) is 6.08 Å². The molecule has 1 aliphatic rings. The van der Waals surface area contributed by atoms with Crippen LogP contribution in [0.2, 0.25) is 15.1 Å². The zero-order valence-electron chi connectivity index (χ0n) is 22.1. The largest absolute Gasteiger partial charge is 0.490 e. The predicted octanol–water partition coefficient (Wildman–Crippen LogP) is 6.35. The first-order valence-corrected chi connectivity index (χ1v) is 13.4. The summed E-state index contributed by atoms with van der Waals surface area (Å²) in [6.07, 6.45) is 1.28. The van der Waals surface area contributed by atoms with E-state index < -0.39 is 23.8 Å². The van der Waals surface area contributed by atoms with Crippen LogP contribution >= 0.6 is 34.8 Å². The van der Waals surface area contributed by atoms with E-state index in [1.165, 1.54) is 24.3 Å². The number of anilines is 2. The van der Waals surface area contributed by atoms with Crippen molar-refractivity contribution in [3.63, 3.8) is 0 Å². The van der Waals surface area contributed by atoms with Crippen molar-refractivity contribution in [1.82, 2.24) is 5.32 Å². The van der Waals surface area contributed by atoms with Crippen LogP contribution in [0.5, 0.6) is 11.5 Å². The molecule has 1 heterocycles. The molecule has 0 radical (unpaired) electrons. The van der Waals surface area contributed by atoms with Gasteiger partial charge in [0.15, 0.2) is 18.1 Å². The molecule has 0 bridgehead atoms. The van der Waals surface area contributed by atoms with E-state index in [0.717, 1.165) is 10.5 Å². The second kappa shape index (κ2) is 12.6. The summed E-state index contributed by atoms with van der Waals surface area (Å²) in [5.41, 5.74) is 2.22. The molecule has 41 heavy (non-hydrogen) atoms. The minimum absolute atomic E-state index is 0.0660. The van der Waals surface area contributed by atoms with Crippen molar-refractivity contribution in [2.45, 2.75) is 20.8 Å². The van der Waals surface area contributed by atoms with Crippen LogP contribution in [0.15, 0.2) is 54.1 Å². The Labute approximate surface area is 251 Å². The number of carbonyl (C=O) groups is 4. The quantitative estimate of drug-likeness (QED) is 0.225. The Hall–Kier alpha value is -4.05. The lowest BCUT2D eigenvalue weighted by molar-refractivity contribution is -0.122. The molecule has 0 aliphatic carbocycles. The van der Waals surface area contributed by atoms with Gasteiger partial charge in [0, 0.05) is 15.7 Å². The average molecular weight is 617 g/mol. The highest BCUT2D eigenvalue weighted by molar-refractivity contribution is 6.40. The fourth-order valence-corrected chi connectivity index (χ4v) is 4.57. The standard InChI is InChI=1S/C29H24Cl3N3O6/c1-4-40-24-11-17(10-22(32)26(24)41-14-25(36)33-19-8-6-15(2)21(31)13-19)9-20-27(37)34-29(39)35(28(20)38)23-12-18(30)7-5-16(23)3/h5-13H,4,14H2,1-3H3,(H,33,36)(H,34,37,39)/b20-9+. The summed E-state index contributed by atoms with van der Waals surface area (Å²) in [6, 6.07) is 11.9. The number of rotatable bonds is 8. The number of nitrogens with one attached hydrogen (secondary N) is 2. The minimum atomic E-state index is -0.898. The van der Waals surface area contributed by atoms with E-state index in [0.29, 0.717) is 26.9 Å². The van der Waals surface area contributed by atoms with Gasteiger partial charge in [0.25, 0.3) is 17.7 Å². The summed E-state index contributed by atoms with van der Waals surface area (Å²) in [7, 11) is 0. The average Bonchev–Trinajstić information content (AvgIpc) is 2.90. The van der Waals surface area contributed by atoms with Crippen LogP contribution in [-0.2, 0) is 14.4 Å². The van der Waals surface area contributed by atoms with Crippen molar-refractivity contribution in [3.8, 4) is 11.5 Å². The van der Waals surface area contributed by atoms with Crippen LogP contribution in [0.3, 0.4) is 0 Å². The number of carbonyl (C=O) groups excluding carboxylic acids is 4. The van der Waals surface area contributed by atoms with Crippen molar-refractivity contribution >= 4 is 76.0 Å². The topological polar surface area (TPSA) is 114 Å². The van der Waals surface area contributed by atoms with Crippen LogP contribution < -0.4 is 25.0 Å². The molecule has 0 unspecified atom stereocenters. The summed E-state index contributed by atoms with van der Waals surface area (Å²) in [4.78, 5) is 51.9. The summed E-state index contributed by atoms with van der Waals surface area (Å²) in [5.74, 6) is -1.90. The van der Waals surface area contributed by atoms with Gasteiger partial charge >= 0.3 is 6.03 Å². The zero-order chi connectivity index (χ0) is 29.8.